The molecule has 5 heteroatoms. The number of aromatic nitrogens is 3. The van der Waals surface area contributed by atoms with Crippen molar-refractivity contribution in [1.82, 2.24) is 15.0 Å². The quantitative estimate of drug-likeness (QED) is 0.742. The number of anilines is 1. The van der Waals surface area contributed by atoms with E-state index in [4.69, 9.17) is 10.5 Å². The summed E-state index contributed by atoms with van der Waals surface area (Å²) >= 11 is 0. The molecule has 0 aliphatic heterocycles. The molecule has 0 amide bonds. The molecule has 0 atom stereocenters. The van der Waals surface area contributed by atoms with Gasteiger partial charge in [0.1, 0.15) is 0 Å². The molecule has 84 valence electrons. The highest BCUT2D eigenvalue weighted by Gasteiger charge is 2.14. The number of hydrogen-bond acceptors (Lipinski definition) is 4. The van der Waals surface area contributed by atoms with Gasteiger partial charge in [-0.2, -0.15) is 9.90 Å². The largest absolute Gasteiger partial charge is 0.381 e. The molecule has 5 nitrogen and oxygen atoms in total. The fraction of sp³-hybridized carbons (Fsp3) is 0.800. The number of nitrogen functional groups attached to an aromatic ring is 1. The zero-order chi connectivity index (χ0) is 10.5. The number of nitrogens with two attached hydrogens (primary N) is 1. The summed E-state index contributed by atoms with van der Waals surface area (Å²) in [7, 11) is 0. The highest BCUT2D eigenvalue weighted by molar-refractivity contribution is 5.19. The van der Waals surface area contributed by atoms with Gasteiger partial charge in [-0.05, 0) is 19.3 Å². The zero-order valence-corrected chi connectivity index (χ0v) is 8.93. The van der Waals surface area contributed by atoms with Gasteiger partial charge < -0.3 is 10.5 Å². The second kappa shape index (κ2) is 5.11. The van der Waals surface area contributed by atoms with Gasteiger partial charge in [-0.3, -0.25) is 0 Å². The lowest BCUT2D eigenvalue weighted by atomic mass is 10.3. The second-order valence-corrected chi connectivity index (χ2v) is 4.00. The summed E-state index contributed by atoms with van der Waals surface area (Å²) in [5.74, 6) is 0.478. The lowest BCUT2D eigenvalue weighted by Gasteiger charge is -2.10. The van der Waals surface area contributed by atoms with Crippen LogP contribution in [-0.4, -0.2) is 27.7 Å². The summed E-state index contributed by atoms with van der Waals surface area (Å²) in [6, 6.07) is 0. The van der Waals surface area contributed by atoms with Crippen molar-refractivity contribution in [3.63, 3.8) is 0 Å². The van der Waals surface area contributed by atoms with Gasteiger partial charge in [0.2, 0.25) is 0 Å². The van der Waals surface area contributed by atoms with Crippen LogP contribution in [0.2, 0.25) is 0 Å². The Morgan fingerprint density at radius 2 is 2.27 bits per heavy atom. The minimum absolute atomic E-state index is 0.478. The van der Waals surface area contributed by atoms with E-state index in [0.717, 1.165) is 19.6 Å². The van der Waals surface area contributed by atoms with Crippen LogP contribution in [-0.2, 0) is 11.3 Å². The van der Waals surface area contributed by atoms with Crippen molar-refractivity contribution < 1.29 is 4.74 Å². The predicted molar refractivity (Wildman–Crippen MR) is 57.3 cm³/mol. The van der Waals surface area contributed by atoms with E-state index >= 15 is 0 Å². The third-order valence-corrected chi connectivity index (χ3v) is 2.71. The van der Waals surface area contributed by atoms with Crippen LogP contribution in [0.4, 0.5) is 5.82 Å². The number of aryl methyl sites for hydroxylation is 1. The fourth-order valence-corrected chi connectivity index (χ4v) is 1.93. The predicted octanol–water partition coefficient (Wildman–Crippen LogP) is 1.21. The lowest BCUT2D eigenvalue weighted by Crippen LogP contribution is -2.11. The van der Waals surface area contributed by atoms with E-state index in [9.17, 15) is 0 Å². The van der Waals surface area contributed by atoms with Gasteiger partial charge >= 0.3 is 0 Å². The Kier molecular flexibility index (Phi) is 3.55. The van der Waals surface area contributed by atoms with E-state index in [1.165, 1.54) is 25.7 Å². The normalized spacial score (nSPS) is 17.3. The van der Waals surface area contributed by atoms with E-state index in [1.54, 1.807) is 11.0 Å². The smallest absolute Gasteiger partial charge is 0.165 e. The van der Waals surface area contributed by atoms with E-state index in [0.29, 0.717) is 11.9 Å². The molecular weight excluding hydrogens is 192 g/mol. The van der Waals surface area contributed by atoms with E-state index in [1.807, 2.05) is 0 Å². The summed E-state index contributed by atoms with van der Waals surface area (Å²) < 4.78 is 5.73. The minimum atomic E-state index is 0.478. The third-order valence-electron chi connectivity index (χ3n) is 2.71. The average molecular weight is 210 g/mol. The van der Waals surface area contributed by atoms with Crippen molar-refractivity contribution in [3.05, 3.63) is 6.20 Å². The Labute approximate surface area is 89.6 Å². The van der Waals surface area contributed by atoms with Crippen LogP contribution in [0.25, 0.3) is 0 Å². The molecule has 1 heterocycles. The maximum atomic E-state index is 5.73. The molecule has 2 N–H and O–H groups in total. The lowest BCUT2D eigenvalue weighted by molar-refractivity contribution is 0.0539. The van der Waals surface area contributed by atoms with Crippen LogP contribution in [0.3, 0.4) is 0 Å². The molecular formula is C10H18N4O. The van der Waals surface area contributed by atoms with Gasteiger partial charge in [-0.1, -0.05) is 12.8 Å². The maximum absolute atomic E-state index is 5.73. The Hall–Kier alpha value is -1.10. The van der Waals surface area contributed by atoms with Crippen LogP contribution in [0, 0.1) is 0 Å². The van der Waals surface area contributed by atoms with Gasteiger partial charge in [0.05, 0.1) is 18.8 Å². The highest BCUT2D eigenvalue weighted by atomic mass is 16.5. The molecule has 0 spiro atoms. The number of hydrogen-bond donors (Lipinski definition) is 1. The van der Waals surface area contributed by atoms with Gasteiger partial charge in [0, 0.05) is 6.61 Å². The Morgan fingerprint density at radius 3 is 2.93 bits per heavy atom. The van der Waals surface area contributed by atoms with E-state index < -0.39 is 0 Å². The molecule has 1 aromatic rings. The summed E-state index contributed by atoms with van der Waals surface area (Å²) in [6.07, 6.45) is 8.12. The standard InChI is InChI=1S/C10H18N4O/c11-10-8-12-14(13-10)6-3-7-15-9-4-1-2-5-9/h8-9H,1-7H2,(H2,11,13). The maximum Gasteiger partial charge on any atom is 0.165 e. The Morgan fingerprint density at radius 1 is 1.47 bits per heavy atom. The summed E-state index contributed by atoms with van der Waals surface area (Å²) in [6.45, 7) is 1.58. The number of rotatable bonds is 5. The Balaban J connectivity index is 1.58. The first-order valence-electron chi connectivity index (χ1n) is 5.62. The molecule has 0 saturated heterocycles. The molecule has 15 heavy (non-hydrogen) atoms. The van der Waals surface area contributed by atoms with Gasteiger partial charge in [0.15, 0.2) is 5.82 Å². The molecule has 0 aromatic carbocycles. The van der Waals surface area contributed by atoms with Crippen molar-refractivity contribution in [2.75, 3.05) is 12.3 Å². The van der Waals surface area contributed by atoms with Gasteiger partial charge in [-0.15, -0.1) is 5.10 Å². The van der Waals surface area contributed by atoms with E-state index in [2.05, 4.69) is 10.2 Å². The second-order valence-electron chi connectivity index (χ2n) is 4.00. The first kappa shape index (κ1) is 10.4. The molecule has 2 rings (SSSR count). The summed E-state index contributed by atoms with van der Waals surface area (Å²) in [5, 5.41) is 8.02. The topological polar surface area (TPSA) is 66.0 Å². The molecule has 0 radical (unpaired) electrons. The third kappa shape index (κ3) is 3.20. The molecule has 1 aliphatic rings. The van der Waals surface area contributed by atoms with Crippen molar-refractivity contribution >= 4 is 5.82 Å². The van der Waals surface area contributed by atoms with Crippen LogP contribution in [0.15, 0.2) is 6.20 Å². The van der Waals surface area contributed by atoms with Crippen LogP contribution in [0.5, 0.6) is 0 Å². The molecule has 1 fully saturated rings. The highest BCUT2D eigenvalue weighted by Crippen LogP contribution is 2.20. The van der Waals surface area contributed by atoms with Gasteiger partial charge in [-0.25, -0.2) is 0 Å². The minimum Gasteiger partial charge on any atom is -0.381 e. The molecule has 0 bridgehead atoms. The Bertz CT molecular complexity index is 293. The fourth-order valence-electron chi connectivity index (χ4n) is 1.93. The first-order chi connectivity index (χ1) is 7.34. The summed E-state index contributed by atoms with van der Waals surface area (Å²) in [5.41, 5.74) is 5.46. The average Bonchev–Trinajstić information content (AvgIpc) is 2.84. The SMILES string of the molecule is Nc1cnn(CCCOC2CCCC2)n1. The molecule has 0 unspecified atom stereocenters. The van der Waals surface area contributed by atoms with Crippen LogP contribution in [0.1, 0.15) is 32.1 Å². The number of nitrogens with zero attached hydrogens (tertiary/aromatic N) is 3. The molecule has 1 saturated carbocycles. The zero-order valence-electron chi connectivity index (χ0n) is 8.93. The molecule has 1 aliphatic carbocycles. The first-order valence-corrected chi connectivity index (χ1v) is 5.62. The monoisotopic (exact) mass is 210 g/mol. The summed E-state index contributed by atoms with van der Waals surface area (Å²) in [4.78, 5) is 1.62. The van der Waals surface area contributed by atoms with Crippen molar-refractivity contribution in [2.45, 2.75) is 44.8 Å². The number of ether oxygens (including phenoxy) is 1. The van der Waals surface area contributed by atoms with Crippen LogP contribution < -0.4 is 5.73 Å². The van der Waals surface area contributed by atoms with Crippen LogP contribution >= 0.6 is 0 Å². The van der Waals surface area contributed by atoms with Crippen molar-refractivity contribution in [3.8, 4) is 0 Å². The van der Waals surface area contributed by atoms with Crippen molar-refractivity contribution in [2.24, 2.45) is 0 Å². The van der Waals surface area contributed by atoms with Crippen molar-refractivity contribution in [1.29, 1.82) is 0 Å². The van der Waals surface area contributed by atoms with E-state index in [-0.39, 0.29) is 0 Å². The van der Waals surface area contributed by atoms with Gasteiger partial charge in [0.25, 0.3) is 0 Å². The molecule has 1 aromatic heterocycles.